The molecule has 3 atom stereocenters. The predicted octanol–water partition coefficient (Wildman–Crippen LogP) is -4.45. The van der Waals surface area contributed by atoms with Gasteiger partial charge in [0.05, 0.1) is 12.6 Å². The summed E-state index contributed by atoms with van der Waals surface area (Å²) in [6.07, 6.45) is -0.835. The number of carboxylic acids is 1. The third kappa shape index (κ3) is 10.6. The van der Waals surface area contributed by atoms with Gasteiger partial charge in [-0.3, -0.25) is 24.2 Å². The molecule has 13 heteroatoms. The molecular weight excluding hydrogens is 362 g/mol. The molecule has 0 saturated heterocycles. The zero-order valence-electron chi connectivity index (χ0n) is 15.0. The summed E-state index contributed by atoms with van der Waals surface area (Å²) in [4.78, 5) is 50.2. The molecule has 13 nitrogen and oxygen atoms in total. The van der Waals surface area contributed by atoms with Crippen LogP contribution in [0.25, 0.3) is 0 Å². The quantitative estimate of drug-likeness (QED) is 0.0911. The second kappa shape index (κ2) is 12.4. The van der Waals surface area contributed by atoms with Crippen molar-refractivity contribution < 1.29 is 29.4 Å². The summed E-state index contributed by atoms with van der Waals surface area (Å²) in [5, 5.41) is 25.0. The Morgan fingerprint density at radius 3 is 2.22 bits per heavy atom. The third-order valence-electron chi connectivity index (χ3n) is 3.26. The fourth-order valence-electron chi connectivity index (χ4n) is 1.96. The Kier molecular flexibility index (Phi) is 11.1. The minimum atomic E-state index is -1.41. The highest BCUT2D eigenvalue weighted by Gasteiger charge is 2.29. The van der Waals surface area contributed by atoms with Gasteiger partial charge < -0.3 is 43.4 Å². The predicted molar refractivity (Wildman–Crippen MR) is 95.2 cm³/mol. The zero-order chi connectivity index (χ0) is 21.0. The van der Waals surface area contributed by atoms with Crippen molar-refractivity contribution in [3.05, 3.63) is 0 Å². The first-order chi connectivity index (χ1) is 12.6. The Morgan fingerprint density at radius 2 is 1.74 bits per heavy atom. The fraction of sp³-hybridized carbons (Fsp3) is 0.643. The van der Waals surface area contributed by atoms with E-state index in [0.29, 0.717) is 6.42 Å². The van der Waals surface area contributed by atoms with E-state index in [2.05, 4.69) is 20.9 Å². The summed E-state index contributed by atoms with van der Waals surface area (Å²) in [6.45, 7) is 0.432. The largest absolute Gasteiger partial charge is 0.480 e. The molecule has 0 aliphatic rings. The van der Waals surface area contributed by atoms with Crippen molar-refractivity contribution in [3.63, 3.8) is 0 Å². The van der Waals surface area contributed by atoms with Crippen molar-refractivity contribution in [2.45, 2.75) is 38.0 Å². The van der Waals surface area contributed by atoms with Crippen LogP contribution in [0.2, 0.25) is 0 Å². The average molecular weight is 389 g/mol. The summed E-state index contributed by atoms with van der Waals surface area (Å²) in [5.74, 6) is -3.64. The van der Waals surface area contributed by atoms with E-state index in [0.717, 1.165) is 0 Å². The number of aliphatic hydroxyl groups excluding tert-OH is 1. The molecule has 11 N–H and O–H groups in total. The molecule has 0 saturated carbocycles. The molecule has 0 aliphatic carbocycles. The van der Waals surface area contributed by atoms with Gasteiger partial charge >= 0.3 is 5.97 Å². The van der Waals surface area contributed by atoms with Crippen molar-refractivity contribution in [1.82, 2.24) is 16.0 Å². The summed E-state index contributed by atoms with van der Waals surface area (Å²) in [7, 11) is 0. The van der Waals surface area contributed by atoms with Crippen molar-refractivity contribution in [3.8, 4) is 0 Å². The number of rotatable bonds is 12. The standard InChI is InChI=1S/C14H27N7O6/c1-7(22)11(13(27)19-6-10(24)25)21-12(26)8(20-9(23)5-15)3-2-4-18-14(16)17/h7-8,11,22H,2-6,15H2,1H3,(H,19,27)(H,20,23)(H,21,26)(H,24,25)(H4,16,17,18). The number of hydrogen-bond acceptors (Lipinski definition) is 7. The number of carbonyl (C=O) groups is 4. The topological polar surface area (TPSA) is 235 Å². The lowest BCUT2D eigenvalue weighted by atomic mass is 10.1. The first-order valence-electron chi connectivity index (χ1n) is 8.11. The number of nitrogens with two attached hydrogens (primary N) is 3. The number of amides is 3. The number of carbonyl (C=O) groups excluding carboxylic acids is 3. The maximum absolute atomic E-state index is 12.4. The third-order valence-corrected chi connectivity index (χ3v) is 3.26. The average Bonchev–Trinajstić information content (AvgIpc) is 2.58. The van der Waals surface area contributed by atoms with E-state index in [1.165, 1.54) is 6.92 Å². The number of carboxylic acid groups (broad SMARTS) is 1. The summed E-state index contributed by atoms with van der Waals surface area (Å²) >= 11 is 0. The number of aliphatic carboxylic acids is 1. The summed E-state index contributed by atoms with van der Waals surface area (Å²) in [6, 6.07) is -2.46. The van der Waals surface area contributed by atoms with Gasteiger partial charge in [0.15, 0.2) is 5.96 Å². The van der Waals surface area contributed by atoms with Gasteiger partial charge in [-0.25, -0.2) is 0 Å². The molecular formula is C14H27N7O6. The Morgan fingerprint density at radius 1 is 1.11 bits per heavy atom. The number of aliphatic hydroxyl groups is 1. The molecule has 0 aromatic rings. The van der Waals surface area contributed by atoms with E-state index in [-0.39, 0.29) is 25.5 Å². The lowest BCUT2D eigenvalue weighted by Crippen LogP contribution is -2.58. The molecule has 0 aliphatic heterocycles. The van der Waals surface area contributed by atoms with Gasteiger partial charge in [0, 0.05) is 6.54 Å². The SMILES string of the molecule is CC(O)C(NC(=O)C(CCCN=C(N)N)NC(=O)CN)C(=O)NCC(=O)O. The highest BCUT2D eigenvalue weighted by molar-refractivity contribution is 5.93. The van der Waals surface area contributed by atoms with E-state index < -0.39 is 48.4 Å². The number of hydrogen-bond donors (Lipinski definition) is 8. The van der Waals surface area contributed by atoms with E-state index in [4.69, 9.17) is 22.3 Å². The molecule has 0 radical (unpaired) electrons. The van der Waals surface area contributed by atoms with E-state index >= 15 is 0 Å². The van der Waals surface area contributed by atoms with Gasteiger partial charge in [-0.15, -0.1) is 0 Å². The molecule has 0 aromatic carbocycles. The van der Waals surface area contributed by atoms with Crippen LogP contribution in [0.4, 0.5) is 0 Å². The highest BCUT2D eigenvalue weighted by Crippen LogP contribution is 2.02. The second-order valence-electron chi connectivity index (χ2n) is 5.61. The van der Waals surface area contributed by atoms with Crippen molar-refractivity contribution in [1.29, 1.82) is 0 Å². The summed E-state index contributed by atoms with van der Waals surface area (Å²) < 4.78 is 0. The molecule has 27 heavy (non-hydrogen) atoms. The molecule has 0 spiro atoms. The minimum Gasteiger partial charge on any atom is -0.480 e. The Labute approximate surface area is 155 Å². The van der Waals surface area contributed by atoms with E-state index in [9.17, 15) is 24.3 Å². The maximum atomic E-state index is 12.4. The van der Waals surface area contributed by atoms with Gasteiger partial charge in [0.25, 0.3) is 0 Å². The smallest absolute Gasteiger partial charge is 0.322 e. The van der Waals surface area contributed by atoms with Gasteiger partial charge in [-0.2, -0.15) is 0 Å². The highest BCUT2D eigenvalue weighted by atomic mass is 16.4. The van der Waals surface area contributed by atoms with Crippen LogP contribution >= 0.6 is 0 Å². The monoisotopic (exact) mass is 389 g/mol. The molecule has 3 amide bonds. The van der Waals surface area contributed by atoms with Crippen molar-refractivity contribution >= 4 is 29.7 Å². The first kappa shape index (κ1) is 24.1. The Hall–Kier alpha value is -2.93. The van der Waals surface area contributed by atoms with Crippen LogP contribution in [0, 0.1) is 0 Å². The van der Waals surface area contributed by atoms with Gasteiger partial charge in [-0.1, -0.05) is 0 Å². The van der Waals surface area contributed by atoms with Crippen molar-refractivity contribution in [2.75, 3.05) is 19.6 Å². The molecule has 0 rings (SSSR count). The van der Waals surface area contributed by atoms with Crippen molar-refractivity contribution in [2.24, 2.45) is 22.2 Å². The molecule has 0 heterocycles. The molecule has 154 valence electrons. The number of nitrogens with one attached hydrogen (secondary N) is 3. The minimum absolute atomic E-state index is 0.119. The van der Waals surface area contributed by atoms with Crippen LogP contribution in [0.1, 0.15) is 19.8 Å². The van der Waals surface area contributed by atoms with Crippen LogP contribution in [0.5, 0.6) is 0 Å². The molecule has 0 bridgehead atoms. The van der Waals surface area contributed by atoms with Gasteiger partial charge in [0.1, 0.15) is 18.6 Å². The molecule has 3 unspecified atom stereocenters. The summed E-state index contributed by atoms with van der Waals surface area (Å²) in [5.41, 5.74) is 15.6. The molecule has 0 fully saturated rings. The van der Waals surface area contributed by atoms with Crippen LogP contribution in [-0.2, 0) is 19.2 Å². The van der Waals surface area contributed by atoms with E-state index in [1.807, 2.05) is 0 Å². The Bertz CT molecular complexity index is 562. The number of nitrogens with zero attached hydrogens (tertiary/aromatic N) is 1. The van der Waals surface area contributed by atoms with Crippen LogP contribution in [0.15, 0.2) is 4.99 Å². The zero-order valence-corrected chi connectivity index (χ0v) is 15.0. The lowest BCUT2D eigenvalue weighted by Gasteiger charge is -2.24. The van der Waals surface area contributed by atoms with E-state index in [1.54, 1.807) is 0 Å². The lowest BCUT2D eigenvalue weighted by molar-refractivity contribution is -0.139. The number of guanidine groups is 1. The first-order valence-corrected chi connectivity index (χ1v) is 8.11. The maximum Gasteiger partial charge on any atom is 0.322 e. The molecule has 0 aromatic heterocycles. The van der Waals surface area contributed by atoms with Crippen LogP contribution in [-0.4, -0.2) is 77.7 Å². The fourth-order valence-corrected chi connectivity index (χ4v) is 1.96. The Balaban J connectivity index is 5.01. The van der Waals surface area contributed by atoms with Gasteiger partial charge in [0.2, 0.25) is 17.7 Å². The second-order valence-corrected chi connectivity index (χ2v) is 5.61. The normalized spacial score (nSPS) is 13.6. The van der Waals surface area contributed by atoms with Crippen LogP contribution in [0.3, 0.4) is 0 Å². The van der Waals surface area contributed by atoms with Crippen LogP contribution < -0.4 is 33.2 Å². The number of aliphatic imine (C=N–C) groups is 1. The van der Waals surface area contributed by atoms with Gasteiger partial charge in [-0.05, 0) is 19.8 Å².